The fourth-order valence-corrected chi connectivity index (χ4v) is 10.3. The average molecular weight is 398 g/mol. The molecule has 0 aromatic heterocycles. The highest BCUT2D eigenvalue weighted by atomic mass is 28.4. The molecule has 0 saturated heterocycles. The van der Waals surface area contributed by atoms with Crippen LogP contribution in [0.15, 0.2) is 72.9 Å². The van der Waals surface area contributed by atoms with Gasteiger partial charge in [-0.05, 0) is 35.8 Å². The minimum absolute atomic E-state index is 0.176. The first kappa shape index (κ1) is 21.8. The largest absolute Gasteiger partial charge is 0.441 e. The first-order valence-electron chi connectivity index (χ1n) is 9.74. The van der Waals surface area contributed by atoms with Crippen LogP contribution < -0.4 is 0 Å². The maximum absolute atomic E-state index is 7.03. The van der Waals surface area contributed by atoms with E-state index in [0.717, 1.165) is 13.1 Å². The maximum Gasteiger partial charge on any atom is 0.284 e. The molecular formula is C23H35NOSi2. The van der Waals surface area contributed by atoms with Gasteiger partial charge >= 0.3 is 0 Å². The van der Waals surface area contributed by atoms with Crippen LogP contribution in [0.25, 0.3) is 0 Å². The van der Waals surface area contributed by atoms with Crippen molar-refractivity contribution in [2.45, 2.75) is 58.5 Å². The molecule has 0 aliphatic rings. The van der Waals surface area contributed by atoms with Crippen LogP contribution in [0.3, 0.4) is 0 Å². The van der Waals surface area contributed by atoms with Crippen molar-refractivity contribution in [3.8, 4) is 0 Å². The van der Waals surface area contributed by atoms with Crippen molar-refractivity contribution in [1.29, 1.82) is 0 Å². The van der Waals surface area contributed by atoms with Crippen LogP contribution in [0.1, 0.15) is 31.9 Å². The van der Waals surface area contributed by atoms with Crippen LogP contribution in [0.5, 0.6) is 0 Å². The molecule has 2 nitrogen and oxygen atoms in total. The van der Waals surface area contributed by atoms with E-state index in [0.29, 0.717) is 0 Å². The van der Waals surface area contributed by atoms with Gasteiger partial charge in [-0.3, -0.25) is 4.57 Å². The monoisotopic (exact) mass is 397 g/mol. The van der Waals surface area contributed by atoms with E-state index in [4.69, 9.17) is 4.12 Å². The highest BCUT2D eigenvalue weighted by Gasteiger charge is 2.45. The number of hydrogen-bond acceptors (Lipinski definition) is 2. The molecule has 2 aromatic rings. The third kappa shape index (κ3) is 5.75. The molecule has 2 rings (SSSR count). The topological polar surface area (TPSA) is 12.5 Å². The molecule has 0 amide bonds. The van der Waals surface area contributed by atoms with Crippen molar-refractivity contribution in [1.82, 2.24) is 4.57 Å². The minimum atomic E-state index is -2.30. The molecule has 146 valence electrons. The number of benzene rings is 2. The number of rotatable bonds is 8. The van der Waals surface area contributed by atoms with Gasteiger partial charge in [-0.2, -0.15) is 0 Å². The molecule has 1 atom stereocenters. The van der Waals surface area contributed by atoms with Gasteiger partial charge < -0.3 is 4.12 Å². The summed E-state index contributed by atoms with van der Waals surface area (Å²) in [6.07, 6.45) is 0. The molecule has 1 unspecified atom stereocenters. The normalized spacial score (nSPS) is 14.8. The lowest BCUT2D eigenvalue weighted by molar-refractivity contribution is 0.331. The molecule has 0 spiro atoms. The summed E-state index contributed by atoms with van der Waals surface area (Å²) >= 11 is 0. The zero-order chi connectivity index (χ0) is 20.1. The van der Waals surface area contributed by atoms with E-state index in [-0.39, 0.29) is 5.04 Å². The Balaban J connectivity index is 2.37. The highest BCUT2D eigenvalue weighted by Crippen LogP contribution is 2.39. The first-order valence-corrected chi connectivity index (χ1v) is 15.1. The molecule has 0 N–H and O–H groups in total. The Morgan fingerprint density at radius 1 is 0.852 bits per heavy atom. The predicted molar refractivity (Wildman–Crippen MR) is 122 cm³/mol. The summed E-state index contributed by atoms with van der Waals surface area (Å²) in [6.45, 7) is 19.8. The van der Waals surface area contributed by atoms with Gasteiger partial charge in [-0.15, -0.1) is 6.58 Å². The molecule has 27 heavy (non-hydrogen) atoms. The fraction of sp³-hybridized carbons (Fsp3) is 0.391. The lowest BCUT2D eigenvalue weighted by Crippen LogP contribution is -2.59. The predicted octanol–water partition coefficient (Wildman–Crippen LogP) is 6.51. The summed E-state index contributed by atoms with van der Waals surface area (Å²) in [4.78, 5) is 0. The second-order valence-electron chi connectivity index (χ2n) is 8.95. The van der Waals surface area contributed by atoms with Gasteiger partial charge in [-0.25, -0.2) is 0 Å². The molecule has 2 aromatic carbocycles. The average Bonchev–Trinajstić information content (AvgIpc) is 2.61. The van der Waals surface area contributed by atoms with Crippen molar-refractivity contribution in [2.75, 3.05) is 0 Å². The van der Waals surface area contributed by atoms with Gasteiger partial charge in [0.25, 0.3) is 8.48 Å². The summed E-state index contributed by atoms with van der Waals surface area (Å²) in [5, 5.41) is 0.176. The standard InChI is InChI=1S/C23H35NOSi2/c1-8-27(7,25-26(5,6)23(2,3)4)24(19-21-15-11-9-12-16-21)20-22-17-13-10-14-18-22/h8-18H,1,19-20H2,2-7H3. The lowest BCUT2D eigenvalue weighted by Gasteiger charge is -2.46. The van der Waals surface area contributed by atoms with Crippen molar-refractivity contribution in [2.24, 2.45) is 0 Å². The Kier molecular flexibility index (Phi) is 7.03. The van der Waals surface area contributed by atoms with Gasteiger partial charge in [0.05, 0.1) is 0 Å². The van der Waals surface area contributed by atoms with Gasteiger partial charge in [0.2, 0.25) is 0 Å². The van der Waals surface area contributed by atoms with E-state index in [9.17, 15) is 0 Å². The minimum Gasteiger partial charge on any atom is -0.441 e. The molecule has 0 bridgehead atoms. The Labute approximate surface area is 168 Å². The second-order valence-corrected chi connectivity index (χ2v) is 17.4. The maximum atomic E-state index is 7.03. The van der Waals surface area contributed by atoms with Gasteiger partial charge in [0.15, 0.2) is 8.32 Å². The van der Waals surface area contributed by atoms with Crippen molar-refractivity contribution < 1.29 is 4.12 Å². The molecule has 0 heterocycles. The highest BCUT2D eigenvalue weighted by molar-refractivity contribution is 6.87. The third-order valence-electron chi connectivity index (χ3n) is 5.71. The molecule has 0 aliphatic heterocycles. The van der Waals surface area contributed by atoms with Crippen molar-refractivity contribution in [3.05, 3.63) is 84.1 Å². The SMILES string of the molecule is C=C[Si](C)(O[Si](C)(C)C(C)(C)C)N(Cc1ccccc1)Cc1ccccc1. The number of hydrogen-bond donors (Lipinski definition) is 0. The zero-order valence-electron chi connectivity index (χ0n) is 17.8. The van der Waals surface area contributed by atoms with Crippen LogP contribution >= 0.6 is 0 Å². The van der Waals surface area contributed by atoms with Crippen LogP contribution in [-0.4, -0.2) is 21.4 Å². The van der Waals surface area contributed by atoms with Gasteiger partial charge in [-0.1, -0.05) is 87.1 Å². The zero-order valence-corrected chi connectivity index (χ0v) is 19.8. The van der Waals surface area contributed by atoms with Gasteiger partial charge in [0.1, 0.15) is 0 Å². The molecule has 0 fully saturated rings. The Bertz CT molecular complexity index is 684. The molecule has 0 aliphatic carbocycles. The molecule has 4 heteroatoms. The van der Waals surface area contributed by atoms with Crippen LogP contribution in [0.2, 0.25) is 24.7 Å². The Hall–Kier alpha value is -1.47. The third-order valence-corrected chi connectivity index (χ3v) is 15.3. The van der Waals surface area contributed by atoms with Crippen LogP contribution in [0.4, 0.5) is 0 Å². The summed E-state index contributed by atoms with van der Waals surface area (Å²) in [5.74, 6) is 0. The molecular weight excluding hydrogens is 362 g/mol. The summed E-state index contributed by atoms with van der Waals surface area (Å²) < 4.78 is 9.56. The van der Waals surface area contributed by atoms with Crippen molar-refractivity contribution >= 4 is 16.8 Å². The first-order chi connectivity index (χ1) is 12.6. The summed E-state index contributed by atoms with van der Waals surface area (Å²) in [6, 6.07) is 21.4. The lowest BCUT2D eigenvalue weighted by atomic mass is 10.2. The summed E-state index contributed by atoms with van der Waals surface area (Å²) in [5.41, 5.74) is 4.74. The van der Waals surface area contributed by atoms with E-state index in [2.05, 4.69) is 118 Å². The van der Waals surface area contributed by atoms with Crippen LogP contribution in [-0.2, 0) is 17.2 Å². The van der Waals surface area contributed by atoms with E-state index in [1.54, 1.807) is 0 Å². The Morgan fingerprint density at radius 2 is 1.26 bits per heavy atom. The fourth-order valence-electron chi connectivity index (χ4n) is 2.88. The van der Waals surface area contributed by atoms with E-state index in [1.807, 2.05) is 0 Å². The summed E-state index contributed by atoms with van der Waals surface area (Å²) in [7, 11) is -4.21. The quantitative estimate of drug-likeness (QED) is 0.471. The Morgan fingerprint density at radius 3 is 1.59 bits per heavy atom. The molecule has 0 radical (unpaired) electrons. The molecule has 0 saturated carbocycles. The van der Waals surface area contributed by atoms with E-state index < -0.39 is 16.8 Å². The smallest absolute Gasteiger partial charge is 0.284 e. The van der Waals surface area contributed by atoms with Crippen LogP contribution in [0, 0.1) is 0 Å². The van der Waals surface area contributed by atoms with Gasteiger partial charge in [0, 0.05) is 13.1 Å². The van der Waals surface area contributed by atoms with E-state index >= 15 is 0 Å². The van der Waals surface area contributed by atoms with E-state index in [1.165, 1.54) is 11.1 Å². The second kappa shape index (κ2) is 8.69. The van der Waals surface area contributed by atoms with Crippen molar-refractivity contribution in [3.63, 3.8) is 0 Å². The number of nitrogens with zero attached hydrogens (tertiary/aromatic N) is 1.